The lowest BCUT2D eigenvalue weighted by Crippen LogP contribution is -2.58. The third-order valence-electron chi connectivity index (χ3n) is 10.2. The minimum atomic E-state index is -1.52. The molecule has 2 N–H and O–H groups in total. The van der Waals surface area contributed by atoms with Crippen LogP contribution in [0.25, 0.3) is 0 Å². The molecule has 0 radical (unpaired) electrons. The molecular weight excluding hydrogens is 626 g/mol. The second kappa shape index (κ2) is 14.3. The van der Waals surface area contributed by atoms with Crippen LogP contribution in [-0.4, -0.2) is 90.4 Å². The maximum absolute atomic E-state index is 14.9. The van der Waals surface area contributed by atoms with Crippen molar-refractivity contribution in [3.63, 3.8) is 0 Å². The van der Waals surface area contributed by atoms with E-state index in [0.29, 0.717) is 18.4 Å². The Balaban J connectivity index is 1.48. The van der Waals surface area contributed by atoms with Crippen LogP contribution in [0.1, 0.15) is 49.0 Å². The van der Waals surface area contributed by atoms with Gasteiger partial charge in [-0.1, -0.05) is 73.7 Å². The summed E-state index contributed by atoms with van der Waals surface area (Å²) in [6.07, 6.45) is 6.14. The number of anilines is 1. The molecule has 0 aliphatic carbocycles. The first-order valence-electron chi connectivity index (χ1n) is 17.0. The van der Waals surface area contributed by atoms with Crippen molar-refractivity contribution in [2.75, 3.05) is 31.8 Å². The number of fused-ring (bicyclic) bond motifs is 2. The SMILES string of the molecule is CC[C@@H](CO)N1C(=O)[C@@H]2[C@H]3C(=O)O[C@H](c4ccccc4)[C@@H](COC)NC(=O)CC/C=C\[C@H]3O[C@@]23C=CCN(c2cc(C)ccc2C)C(=O)[C@@H]13. The second-order valence-corrected chi connectivity index (χ2v) is 13.3. The number of methoxy groups -OCH3 is 1. The van der Waals surface area contributed by atoms with E-state index in [1.807, 2.05) is 75.4 Å². The van der Waals surface area contributed by atoms with Gasteiger partial charge >= 0.3 is 5.97 Å². The quantitative estimate of drug-likeness (QED) is 0.338. The molecule has 3 amide bonds. The van der Waals surface area contributed by atoms with E-state index in [-0.39, 0.29) is 38.0 Å². The molecule has 0 unspecified atom stereocenters. The van der Waals surface area contributed by atoms with Crippen LogP contribution in [0.4, 0.5) is 5.69 Å². The van der Waals surface area contributed by atoms with Crippen molar-refractivity contribution < 1.29 is 38.5 Å². The number of carbonyl (C=O) groups excluding carboxylic acids is 4. The number of esters is 1. The van der Waals surface area contributed by atoms with Gasteiger partial charge in [0.2, 0.25) is 11.8 Å². The van der Waals surface area contributed by atoms with E-state index in [1.54, 1.807) is 23.1 Å². The maximum Gasteiger partial charge on any atom is 0.313 e. The number of likely N-dealkylation sites (tertiary alicyclic amines) is 1. The average Bonchev–Trinajstić information content (AvgIpc) is 3.48. The molecule has 2 aromatic rings. The van der Waals surface area contributed by atoms with E-state index < -0.39 is 59.6 Å². The lowest BCUT2D eigenvalue weighted by molar-refractivity contribution is -0.162. The van der Waals surface area contributed by atoms with Gasteiger partial charge in [0.15, 0.2) is 0 Å². The Labute approximate surface area is 286 Å². The number of ether oxygens (including phenoxy) is 3. The summed E-state index contributed by atoms with van der Waals surface area (Å²) in [5, 5.41) is 13.5. The van der Waals surface area contributed by atoms with Crippen molar-refractivity contribution in [2.24, 2.45) is 11.8 Å². The zero-order valence-electron chi connectivity index (χ0n) is 28.4. The molecule has 49 heavy (non-hydrogen) atoms. The summed E-state index contributed by atoms with van der Waals surface area (Å²) in [6, 6.07) is 12.4. The molecular formula is C38H45N3O8. The minimum Gasteiger partial charge on any atom is -0.455 e. The van der Waals surface area contributed by atoms with Crippen molar-refractivity contribution in [3.8, 4) is 0 Å². The third kappa shape index (κ3) is 6.19. The number of allylic oxidation sites excluding steroid dienone is 1. The number of carbonyl (C=O) groups is 4. The van der Waals surface area contributed by atoms with E-state index in [9.17, 15) is 24.3 Å². The number of rotatable bonds is 7. The Kier molecular flexibility index (Phi) is 10.1. The summed E-state index contributed by atoms with van der Waals surface area (Å²) in [7, 11) is 1.51. The summed E-state index contributed by atoms with van der Waals surface area (Å²) in [4.78, 5) is 60.4. The molecule has 4 aliphatic heterocycles. The number of nitrogens with zero attached hydrogens (tertiary/aromatic N) is 2. The van der Waals surface area contributed by atoms with Gasteiger partial charge in [0.1, 0.15) is 23.7 Å². The topological polar surface area (TPSA) is 135 Å². The normalized spacial score (nSPS) is 31.4. The highest BCUT2D eigenvalue weighted by atomic mass is 16.6. The number of aliphatic hydroxyl groups is 1. The van der Waals surface area contributed by atoms with Crippen LogP contribution in [0.3, 0.4) is 0 Å². The molecule has 11 nitrogen and oxygen atoms in total. The fraction of sp³-hybridized carbons (Fsp3) is 0.474. The highest BCUT2D eigenvalue weighted by molar-refractivity contribution is 6.06. The van der Waals surface area contributed by atoms with E-state index >= 15 is 0 Å². The van der Waals surface area contributed by atoms with Gasteiger partial charge < -0.3 is 34.4 Å². The van der Waals surface area contributed by atoms with E-state index in [4.69, 9.17) is 14.2 Å². The van der Waals surface area contributed by atoms with Crippen molar-refractivity contribution >= 4 is 29.4 Å². The summed E-state index contributed by atoms with van der Waals surface area (Å²) < 4.78 is 18.6. The van der Waals surface area contributed by atoms with Crippen LogP contribution in [0.15, 0.2) is 72.8 Å². The Morgan fingerprint density at radius 1 is 1.06 bits per heavy atom. The Bertz CT molecular complexity index is 1640. The third-order valence-corrected chi connectivity index (χ3v) is 10.2. The molecule has 2 saturated heterocycles. The van der Waals surface area contributed by atoms with Crippen LogP contribution in [0, 0.1) is 25.7 Å². The highest BCUT2D eigenvalue weighted by Gasteiger charge is 2.72. The van der Waals surface area contributed by atoms with Crippen LogP contribution < -0.4 is 10.2 Å². The van der Waals surface area contributed by atoms with Crippen LogP contribution in [-0.2, 0) is 33.4 Å². The lowest BCUT2D eigenvalue weighted by atomic mass is 9.77. The predicted molar refractivity (Wildman–Crippen MR) is 181 cm³/mol. The standard InChI is InChI=1S/C38H45N3O8/c1-5-26(21-42)41-34-36(45)40(28-20-23(2)16-17-24(28)3)19-11-18-38(34)32(35(41)44)31-29(49-38)14-9-10-15-30(43)39-27(22-47-4)33(48-37(31)46)25-12-7-6-8-13-25/h6-9,11-14,16-18,20,26-27,29,31-34,42H,5,10,15,19,21-22H2,1-4H3,(H,39,43)/b14-9-/t26-,27+,29+,31-,32-,33+,34+,38-/m0/s1. The monoisotopic (exact) mass is 671 g/mol. The number of cyclic esters (lactones) is 1. The van der Waals surface area contributed by atoms with Crippen molar-refractivity contribution in [1.82, 2.24) is 10.2 Å². The van der Waals surface area contributed by atoms with Gasteiger partial charge in [0.05, 0.1) is 37.3 Å². The zero-order chi connectivity index (χ0) is 34.9. The molecule has 6 rings (SSSR count). The molecule has 4 aliphatic rings. The molecule has 8 atom stereocenters. The van der Waals surface area contributed by atoms with E-state index in [2.05, 4.69) is 5.32 Å². The summed E-state index contributed by atoms with van der Waals surface area (Å²) >= 11 is 0. The molecule has 0 bridgehead atoms. The largest absolute Gasteiger partial charge is 0.455 e. The van der Waals surface area contributed by atoms with Crippen LogP contribution in [0.2, 0.25) is 0 Å². The Morgan fingerprint density at radius 3 is 2.55 bits per heavy atom. The number of nitrogens with one attached hydrogen (secondary N) is 1. The minimum absolute atomic E-state index is 0.0707. The molecule has 2 aromatic carbocycles. The molecule has 0 saturated carbocycles. The molecule has 1 spiro atoms. The smallest absolute Gasteiger partial charge is 0.313 e. The number of amides is 3. The zero-order valence-corrected chi connectivity index (χ0v) is 28.4. The molecule has 2 fully saturated rings. The number of hydrogen-bond donors (Lipinski definition) is 2. The number of hydrogen-bond acceptors (Lipinski definition) is 8. The highest BCUT2D eigenvalue weighted by Crippen LogP contribution is 2.54. The fourth-order valence-corrected chi connectivity index (χ4v) is 7.86. The van der Waals surface area contributed by atoms with Crippen molar-refractivity contribution in [1.29, 1.82) is 0 Å². The number of benzene rings is 2. The van der Waals surface area contributed by atoms with Crippen LogP contribution >= 0.6 is 0 Å². The van der Waals surface area contributed by atoms with Gasteiger partial charge in [0, 0.05) is 25.8 Å². The van der Waals surface area contributed by atoms with E-state index in [0.717, 1.165) is 16.8 Å². The summed E-state index contributed by atoms with van der Waals surface area (Å²) in [5.41, 5.74) is 1.71. The van der Waals surface area contributed by atoms with E-state index in [1.165, 1.54) is 12.0 Å². The van der Waals surface area contributed by atoms with Gasteiger partial charge in [0.25, 0.3) is 5.91 Å². The number of aliphatic hydroxyl groups excluding tert-OH is 1. The molecule has 260 valence electrons. The first kappa shape index (κ1) is 34.5. The molecule has 0 aromatic heterocycles. The summed E-state index contributed by atoms with van der Waals surface area (Å²) in [6.45, 7) is 5.67. The fourth-order valence-electron chi connectivity index (χ4n) is 7.86. The van der Waals surface area contributed by atoms with Gasteiger partial charge in [-0.3, -0.25) is 19.2 Å². The Hall–Kier alpha value is -4.32. The molecule has 11 heteroatoms. The predicted octanol–water partition coefficient (Wildman–Crippen LogP) is 3.32. The van der Waals surface area contributed by atoms with Crippen molar-refractivity contribution in [3.05, 3.63) is 89.5 Å². The first-order valence-corrected chi connectivity index (χ1v) is 17.0. The second-order valence-electron chi connectivity index (χ2n) is 13.3. The molecule has 4 heterocycles. The number of aryl methyl sites for hydroxylation is 2. The van der Waals surface area contributed by atoms with Gasteiger partial charge in [-0.05, 0) is 49.4 Å². The first-order chi connectivity index (χ1) is 23.6. The van der Waals surface area contributed by atoms with Crippen LogP contribution in [0.5, 0.6) is 0 Å². The lowest BCUT2D eigenvalue weighted by Gasteiger charge is -2.38. The summed E-state index contributed by atoms with van der Waals surface area (Å²) in [5.74, 6) is -3.96. The Morgan fingerprint density at radius 2 is 1.84 bits per heavy atom. The van der Waals surface area contributed by atoms with Gasteiger partial charge in [-0.2, -0.15) is 0 Å². The average molecular weight is 672 g/mol. The van der Waals surface area contributed by atoms with Gasteiger partial charge in [-0.25, -0.2) is 0 Å². The van der Waals surface area contributed by atoms with Crippen molar-refractivity contribution in [2.45, 2.75) is 76.0 Å². The maximum atomic E-state index is 14.9. The van der Waals surface area contributed by atoms with Gasteiger partial charge in [-0.15, -0.1) is 0 Å².